The molecule has 1 heterocycles. The molecular formula is C14H24N2O4. The van der Waals surface area contributed by atoms with Crippen LogP contribution in [0.15, 0.2) is 0 Å². The largest absolute Gasteiger partial charge is 0.481 e. The Kier molecular flexibility index (Phi) is 4.86. The Labute approximate surface area is 119 Å². The molecule has 2 N–H and O–H groups in total. The van der Waals surface area contributed by atoms with Gasteiger partial charge in [0.2, 0.25) is 0 Å². The van der Waals surface area contributed by atoms with Crippen LogP contribution in [0.25, 0.3) is 0 Å². The van der Waals surface area contributed by atoms with Crippen molar-refractivity contribution in [2.45, 2.75) is 57.7 Å². The highest BCUT2D eigenvalue weighted by molar-refractivity contribution is 5.75. The van der Waals surface area contributed by atoms with Gasteiger partial charge in [-0.3, -0.25) is 4.79 Å². The molecule has 1 saturated heterocycles. The zero-order valence-electron chi connectivity index (χ0n) is 12.2. The highest BCUT2D eigenvalue weighted by Gasteiger charge is 2.32. The standard InChI is InChI=1S/C14H24N2O4/c1-9-10(2)20-8-7-16(9)14(19)15-12-5-3-11(4-6-12)13(17)18/h9-12H,3-8H2,1-2H3,(H,15,19)(H,17,18). The minimum Gasteiger partial charge on any atom is -0.481 e. The van der Waals surface area contributed by atoms with Gasteiger partial charge in [-0.1, -0.05) is 0 Å². The third-order valence-corrected chi connectivity index (χ3v) is 4.55. The molecule has 2 rings (SSSR count). The van der Waals surface area contributed by atoms with Gasteiger partial charge in [-0.2, -0.15) is 0 Å². The summed E-state index contributed by atoms with van der Waals surface area (Å²) in [5, 5.41) is 12.0. The summed E-state index contributed by atoms with van der Waals surface area (Å²) in [5.74, 6) is -0.962. The summed E-state index contributed by atoms with van der Waals surface area (Å²) >= 11 is 0. The Morgan fingerprint density at radius 3 is 2.45 bits per heavy atom. The van der Waals surface area contributed by atoms with Crippen molar-refractivity contribution in [1.29, 1.82) is 0 Å². The van der Waals surface area contributed by atoms with Gasteiger partial charge in [0.25, 0.3) is 0 Å². The third kappa shape index (κ3) is 3.42. The number of hydrogen-bond donors (Lipinski definition) is 2. The zero-order valence-corrected chi connectivity index (χ0v) is 12.2. The molecule has 6 nitrogen and oxygen atoms in total. The van der Waals surface area contributed by atoms with E-state index in [2.05, 4.69) is 5.32 Å². The number of ether oxygens (including phenoxy) is 1. The second kappa shape index (κ2) is 6.43. The Bertz CT molecular complexity index is 366. The number of morpholine rings is 1. The van der Waals surface area contributed by atoms with Crippen LogP contribution in [-0.2, 0) is 9.53 Å². The van der Waals surface area contributed by atoms with E-state index in [-0.39, 0.29) is 30.1 Å². The van der Waals surface area contributed by atoms with Gasteiger partial charge < -0.3 is 20.1 Å². The van der Waals surface area contributed by atoms with Crippen molar-refractivity contribution in [3.63, 3.8) is 0 Å². The molecule has 2 unspecified atom stereocenters. The van der Waals surface area contributed by atoms with E-state index in [0.29, 0.717) is 26.0 Å². The van der Waals surface area contributed by atoms with Gasteiger partial charge in [-0.25, -0.2) is 4.79 Å². The molecule has 1 saturated carbocycles. The van der Waals surface area contributed by atoms with Gasteiger partial charge in [0.1, 0.15) is 0 Å². The minimum absolute atomic E-state index is 0.0496. The van der Waals surface area contributed by atoms with Crippen molar-refractivity contribution in [3.05, 3.63) is 0 Å². The SMILES string of the molecule is CC1OCCN(C(=O)NC2CCC(C(=O)O)CC2)C1C. The van der Waals surface area contributed by atoms with Crippen molar-refractivity contribution in [2.24, 2.45) is 5.92 Å². The van der Waals surface area contributed by atoms with Crippen molar-refractivity contribution < 1.29 is 19.4 Å². The molecule has 0 aromatic heterocycles. The van der Waals surface area contributed by atoms with Gasteiger partial charge in [0, 0.05) is 12.6 Å². The van der Waals surface area contributed by atoms with Gasteiger partial charge in [-0.05, 0) is 39.5 Å². The van der Waals surface area contributed by atoms with Crippen LogP contribution in [0.3, 0.4) is 0 Å². The number of aliphatic carboxylic acids is 1. The number of carbonyl (C=O) groups excluding carboxylic acids is 1. The predicted octanol–water partition coefficient (Wildman–Crippen LogP) is 1.45. The topological polar surface area (TPSA) is 78.9 Å². The number of nitrogens with zero attached hydrogens (tertiary/aromatic N) is 1. The normalized spacial score (nSPS) is 34.6. The highest BCUT2D eigenvalue weighted by Crippen LogP contribution is 2.25. The number of carboxylic acid groups (broad SMARTS) is 1. The van der Waals surface area contributed by atoms with Crippen molar-refractivity contribution in [3.8, 4) is 0 Å². The number of urea groups is 1. The van der Waals surface area contributed by atoms with Crippen LogP contribution < -0.4 is 5.32 Å². The Balaban J connectivity index is 1.82. The first-order valence-electron chi connectivity index (χ1n) is 7.40. The molecule has 0 radical (unpaired) electrons. The van der Waals surface area contributed by atoms with Gasteiger partial charge >= 0.3 is 12.0 Å². The first-order valence-corrected chi connectivity index (χ1v) is 7.40. The fraction of sp³-hybridized carbons (Fsp3) is 0.857. The molecule has 2 atom stereocenters. The maximum Gasteiger partial charge on any atom is 0.318 e. The molecule has 0 bridgehead atoms. The van der Waals surface area contributed by atoms with Crippen LogP contribution in [0.1, 0.15) is 39.5 Å². The van der Waals surface area contributed by atoms with Crippen LogP contribution >= 0.6 is 0 Å². The molecule has 114 valence electrons. The highest BCUT2D eigenvalue weighted by atomic mass is 16.5. The van der Waals surface area contributed by atoms with Crippen molar-refractivity contribution in [1.82, 2.24) is 10.2 Å². The lowest BCUT2D eigenvalue weighted by Gasteiger charge is -2.39. The van der Waals surface area contributed by atoms with Crippen molar-refractivity contribution in [2.75, 3.05) is 13.2 Å². The smallest absolute Gasteiger partial charge is 0.318 e. The predicted molar refractivity (Wildman–Crippen MR) is 73.5 cm³/mol. The van der Waals surface area contributed by atoms with Gasteiger partial charge in [0.15, 0.2) is 0 Å². The summed E-state index contributed by atoms with van der Waals surface area (Å²) < 4.78 is 5.51. The number of nitrogens with one attached hydrogen (secondary N) is 1. The van der Waals surface area contributed by atoms with E-state index in [1.54, 1.807) is 0 Å². The average Bonchev–Trinajstić information content (AvgIpc) is 2.42. The second-order valence-electron chi connectivity index (χ2n) is 5.85. The van der Waals surface area contributed by atoms with E-state index in [1.807, 2.05) is 18.7 Å². The molecule has 1 aliphatic heterocycles. The maximum absolute atomic E-state index is 12.3. The van der Waals surface area contributed by atoms with E-state index in [0.717, 1.165) is 12.8 Å². The van der Waals surface area contributed by atoms with Crippen LogP contribution in [-0.4, -0.2) is 53.3 Å². The molecule has 20 heavy (non-hydrogen) atoms. The van der Waals surface area contributed by atoms with Gasteiger partial charge in [-0.15, -0.1) is 0 Å². The van der Waals surface area contributed by atoms with Crippen LogP contribution in [0.5, 0.6) is 0 Å². The van der Waals surface area contributed by atoms with Crippen LogP contribution in [0.4, 0.5) is 4.79 Å². The fourth-order valence-electron chi connectivity index (χ4n) is 2.96. The minimum atomic E-state index is -0.717. The molecule has 2 fully saturated rings. The average molecular weight is 284 g/mol. The summed E-state index contributed by atoms with van der Waals surface area (Å²) in [6.45, 7) is 5.15. The molecule has 2 amide bonds. The van der Waals surface area contributed by atoms with Crippen LogP contribution in [0.2, 0.25) is 0 Å². The fourth-order valence-corrected chi connectivity index (χ4v) is 2.96. The van der Waals surface area contributed by atoms with E-state index in [4.69, 9.17) is 9.84 Å². The molecule has 0 aromatic carbocycles. The summed E-state index contributed by atoms with van der Waals surface area (Å²) in [4.78, 5) is 25.0. The number of hydrogen-bond acceptors (Lipinski definition) is 3. The molecule has 0 spiro atoms. The van der Waals surface area contributed by atoms with E-state index >= 15 is 0 Å². The van der Waals surface area contributed by atoms with Gasteiger partial charge in [0.05, 0.1) is 24.7 Å². The molecule has 0 aromatic rings. The van der Waals surface area contributed by atoms with Crippen molar-refractivity contribution >= 4 is 12.0 Å². The molecule has 2 aliphatic rings. The number of rotatable bonds is 2. The lowest BCUT2D eigenvalue weighted by molar-refractivity contribution is -0.142. The zero-order chi connectivity index (χ0) is 14.7. The summed E-state index contributed by atoms with van der Waals surface area (Å²) in [6, 6.07) is 0.119. The first kappa shape index (κ1) is 15.1. The lowest BCUT2D eigenvalue weighted by Crippen LogP contribution is -2.56. The Morgan fingerprint density at radius 2 is 1.85 bits per heavy atom. The summed E-state index contributed by atoms with van der Waals surface area (Å²) in [5.41, 5.74) is 0. The second-order valence-corrected chi connectivity index (χ2v) is 5.85. The van der Waals surface area contributed by atoms with Crippen LogP contribution in [0, 0.1) is 5.92 Å². The first-order chi connectivity index (χ1) is 9.49. The molecule has 1 aliphatic carbocycles. The monoisotopic (exact) mass is 284 g/mol. The Hall–Kier alpha value is -1.30. The molecular weight excluding hydrogens is 260 g/mol. The number of carboxylic acids is 1. The van der Waals surface area contributed by atoms with E-state index in [9.17, 15) is 9.59 Å². The molecule has 6 heteroatoms. The Morgan fingerprint density at radius 1 is 1.20 bits per heavy atom. The van der Waals surface area contributed by atoms with E-state index < -0.39 is 5.97 Å². The summed E-state index contributed by atoms with van der Waals surface area (Å²) in [7, 11) is 0. The number of carbonyl (C=O) groups is 2. The quantitative estimate of drug-likeness (QED) is 0.804. The summed E-state index contributed by atoms with van der Waals surface area (Å²) in [6.07, 6.45) is 2.84. The third-order valence-electron chi connectivity index (χ3n) is 4.55. The maximum atomic E-state index is 12.3. The lowest BCUT2D eigenvalue weighted by atomic mass is 9.86. The van der Waals surface area contributed by atoms with E-state index in [1.165, 1.54) is 0 Å². The number of amides is 2.